The van der Waals surface area contributed by atoms with Crippen LogP contribution < -0.4 is 22.1 Å². The molecule has 2 amide bonds. The van der Waals surface area contributed by atoms with E-state index in [-0.39, 0.29) is 18.6 Å². The van der Waals surface area contributed by atoms with Gasteiger partial charge in [0.15, 0.2) is 0 Å². The minimum Gasteiger partial charge on any atom is -0.480 e. The average Bonchev–Trinajstić information content (AvgIpc) is 2.66. The predicted molar refractivity (Wildman–Crippen MR) is 106 cm³/mol. The van der Waals surface area contributed by atoms with E-state index in [9.17, 15) is 19.5 Å². The van der Waals surface area contributed by atoms with Crippen LogP contribution >= 0.6 is 12.6 Å². The van der Waals surface area contributed by atoms with Gasteiger partial charge < -0.3 is 27.2 Å². The van der Waals surface area contributed by atoms with Crippen LogP contribution in [-0.2, 0) is 20.8 Å². The summed E-state index contributed by atoms with van der Waals surface area (Å²) in [5.74, 6) is -2.09. The molecule has 7 N–H and O–H groups in total. The Kier molecular flexibility index (Phi) is 10.5. The molecule has 0 spiro atoms. The molecule has 0 unspecified atom stereocenters. The molecule has 0 aliphatic rings. The van der Waals surface area contributed by atoms with Gasteiger partial charge in [-0.3, -0.25) is 9.59 Å². The number of rotatable bonds is 12. The normalized spacial score (nSPS) is 14.0. The van der Waals surface area contributed by atoms with Gasteiger partial charge >= 0.3 is 5.97 Å². The number of aliphatic carboxylic acids is 1. The molecule has 8 nitrogen and oxygen atoms in total. The fraction of sp³-hybridized carbons (Fsp3) is 0.500. The number of hydrogen-bond acceptors (Lipinski definition) is 6. The van der Waals surface area contributed by atoms with Gasteiger partial charge in [0, 0.05) is 12.2 Å². The fourth-order valence-corrected chi connectivity index (χ4v) is 2.61. The molecule has 9 heteroatoms. The van der Waals surface area contributed by atoms with Crippen molar-refractivity contribution in [1.29, 1.82) is 0 Å². The van der Waals surface area contributed by atoms with Gasteiger partial charge in [0.25, 0.3) is 0 Å². The first kappa shape index (κ1) is 22.9. The van der Waals surface area contributed by atoms with Crippen molar-refractivity contribution in [1.82, 2.24) is 10.6 Å². The summed E-state index contributed by atoms with van der Waals surface area (Å²) in [7, 11) is 0. The Hall–Kier alpha value is -2.10. The first-order chi connectivity index (χ1) is 12.9. The first-order valence-corrected chi connectivity index (χ1v) is 9.46. The van der Waals surface area contributed by atoms with Crippen LogP contribution in [0.25, 0.3) is 0 Å². The highest BCUT2D eigenvalue weighted by Gasteiger charge is 2.27. The number of carboxylic acid groups (broad SMARTS) is 1. The van der Waals surface area contributed by atoms with Crippen molar-refractivity contribution < 1.29 is 19.5 Å². The smallest absolute Gasteiger partial charge is 0.326 e. The zero-order chi connectivity index (χ0) is 20.2. The lowest BCUT2D eigenvalue weighted by molar-refractivity contribution is -0.142. The second-order valence-electron chi connectivity index (χ2n) is 6.22. The molecule has 0 heterocycles. The largest absolute Gasteiger partial charge is 0.480 e. The van der Waals surface area contributed by atoms with Crippen LogP contribution in [0, 0.1) is 0 Å². The maximum absolute atomic E-state index is 12.7. The summed E-state index contributed by atoms with van der Waals surface area (Å²) in [6, 6.07) is 6.27. The van der Waals surface area contributed by atoms with Crippen LogP contribution in [0.4, 0.5) is 0 Å². The van der Waals surface area contributed by atoms with E-state index in [2.05, 4.69) is 23.3 Å². The van der Waals surface area contributed by atoms with Gasteiger partial charge in [-0.15, -0.1) is 0 Å². The van der Waals surface area contributed by atoms with E-state index in [1.165, 1.54) is 0 Å². The number of amides is 2. The molecule has 1 aromatic rings. The topological polar surface area (TPSA) is 148 Å². The number of thiol groups is 1. The quantitative estimate of drug-likeness (QED) is 0.211. The molecular weight excluding hydrogens is 368 g/mol. The SMILES string of the molecule is NCCCC[C@H](NC(=O)[C@H](Cc1ccccc1)NC(=O)[C@@H](N)CS)C(=O)O. The summed E-state index contributed by atoms with van der Waals surface area (Å²) in [5.41, 5.74) is 11.9. The zero-order valence-electron chi connectivity index (χ0n) is 15.1. The summed E-state index contributed by atoms with van der Waals surface area (Å²) < 4.78 is 0. The summed E-state index contributed by atoms with van der Waals surface area (Å²) in [5, 5.41) is 14.4. The first-order valence-electron chi connectivity index (χ1n) is 8.83. The number of unbranched alkanes of at least 4 members (excludes halogenated alkanes) is 1. The molecule has 0 aliphatic carbocycles. The van der Waals surface area contributed by atoms with Crippen LogP contribution in [0.2, 0.25) is 0 Å². The number of carboxylic acids is 1. The Balaban J connectivity index is 2.86. The number of hydrogen-bond donors (Lipinski definition) is 6. The average molecular weight is 397 g/mol. The highest BCUT2D eigenvalue weighted by molar-refractivity contribution is 7.80. The van der Waals surface area contributed by atoms with Gasteiger partial charge in [0.2, 0.25) is 11.8 Å². The van der Waals surface area contributed by atoms with E-state index in [1.807, 2.05) is 30.3 Å². The minimum absolute atomic E-state index is 0.127. The Morgan fingerprint density at radius 3 is 2.22 bits per heavy atom. The lowest BCUT2D eigenvalue weighted by Gasteiger charge is -2.23. The van der Waals surface area contributed by atoms with Crippen molar-refractivity contribution in [3.63, 3.8) is 0 Å². The van der Waals surface area contributed by atoms with E-state index in [1.54, 1.807) is 0 Å². The molecule has 0 radical (unpaired) electrons. The van der Waals surface area contributed by atoms with Crippen LogP contribution in [0.5, 0.6) is 0 Å². The summed E-state index contributed by atoms with van der Waals surface area (Å²) in [4.78, 5) is 36.2. The lowest BCUT2D eigenvalue weighted by atomic mass is 10.0. The maximum atomic E-state index is 12.7. The van der Waals surface area contributed by atoms with Crippen molar-refractivity contribution in [2.45, 2.75) is 43.8 Å². The molecule has 0 saturated carbocycles. The molecule has 27 heavy (non-hydrogen) atoms. The standard InChI is InChI=1S/C18H28N4O4S/c19-9-5-4-8-14(18(25)26)21-17(24)15(22-16(23)13(20)11-27)10-12-6-2-1-3-7-12/h1-3,6-7,13-15,27H,4-5,8-11,19-20H2,(H,21,24)(H,22,23)(H,25,26)/t13-,14-,15-/m0/s1. The van der Waals surface area contributed by atoms with Crippen LogP contribution in [-0.4, -0.2) is 53.3 Å². The van der Waals surface area contributed by atoms with Gasteiger partial charge in [0.05, 0.1) is 6.04 Å². The molecule has 0 aromatic heterocycles. The molecule has 1 aromatic carbocycles. The molecule has 0 aliphatic heterocycles. The predicted octanol–water partition coefficient (Wildman–Crippen LogP) is -0.331. The Labute approximate surface area is 164 Å². The van der Waals surface area contributed by atoms with Crippen molar-refractivity contribution in [3.8, 4) is 0 Å². The fourth-order valence-electron chi connectivity index (χ4n) is 2.44. The monoisotopic (exact) mass is 396 g/mol. The van der Waals surface area contributed by atoms with Gasteiger partial charge in [-0.05, 0) is 31.4 Å². The second-order valence-corrected chi connectivity index (χ2v) is 6.59. The van der Waals surface area contributed by atoms with E-state index in [0.29, 0.717) is 19.4 Å². The molecule has 150 valence electrons. The number of carbonyl (C=O) groups is 3. The second kappa shape index (κ2) is 12.3. The third-order valence-electron chi connectivity index (χ3n) is 4.01. The Morgan fingerprint density at radius 2 is 1.67 bits per heavy atom. The maximum Gasteiger partial charge on any atom is 0.326 e. The van der Waals surface area contributed by atoms with Crippen molar-refractivity contribution in [2.24, 2.45) is 11.5 Å². The molecule has 1 rings (SSSR count). The van der Waals surface area contributed by atoms with E-state index in [0.717, 1.165) is 5.56 Å². The van der Waals surface area contributed by atoms with Crippen molar-refractivity contribution >= 4 is 30.4 Å². The lowest BCUT2D eigenvalue weighted by Crippen LogP contribution is -2.55. The number of nitrogens with two attached hydrogens (primary N) is 2. The number of nitrogens with one attached hydrogen (secondary N) is 2. The van der Waals surface area contributed by atoms with Crippen molar-refractivity contribution in [3.05, 3.63) is 35.9 Å². The van der Waals surface area contributed by atoms with Crippen LogP contribution in [0.15, 0.2) is 30.3 Å². The molecule has 0 bridgehead atoms. The zero-order valence-corrected chi connectivity index (χ0v) is 16.0. The summed E-state index contributed by atoms with van der Waals surface area (Å²) in [6.07, 6.45) is 1.72. The van der Waals surface area contributed by atoms with Gasteiger partial charge in [-0.2, -0.15) is 12.6 Å². The van der Waals surface area contributed by atoms with Gasteiger partial charge in [-0.25, -0.2) is 4.79 Å². The minimum atomic E-state index is -1.13. The number of carbonyl (C=O) groups excluding carboxylic acids is 2. The third-order valence-corrected chi connectivity index (χ3v) is 4.40. The highest BCUT2D eigenvalue weighted by Crippen LogP contribution is 2.06. The molecule has 0 fully saturated rings. The molecule has 0 saturated heterocycles. The summed E-state index contributed by atoms with van der Waals surface area (Å²) in [6.45, 7) is 0.453. The van der Waals surface area contributed by atoms with Crippen LogP contribution in [0.1, 0.15) is 24.8 Å². The van der Waals surface area contributed by atoms with Crippen LogP contribution in [0.3, 0.4) is 0 Å². The molecule has 3 atom stereocenters. The van der Waals surface area contributed by atoms with E-state index >= 15 is 0 Å². The number of benzene rings is 1. The van der Waals surface area contributed by atoms with Gasteiger partial charge in [0.1, 0.15) is 12.1 Å². The third kappa shape index (κ3) is 8.42. The Morgan fingerprint density at radius 1 is 1.04 bits per heavy atom. The van der Waals surface area contributed by atoms with E-state index in [4.69, 9.17) is 11.5 Å². The highest BCUT2D eigenvalue weighted by atomic mass is 32.1. The van der Waals surface area contributed by atoms with Crippen molar-refractivity contribution in [2.75, 3.05) is 12.3 Å². The summed E-state index contributed by atoms with van der Waals surface area (Å²) >= 11 is 3.98. The Bertz CT molecular complexity index is 615. The van der Waals surface area contributed by atoms with E-state index < -0.39 is 35.9 Å². The van der Waals surface area contributed by atoms with Gasteiger partial charge in [-0.1, -0.05) is 30.3 Å². The molecular formula is C18H28N4O4S.